The minimum absolute atomic E-state index is 0.0244. The van der Waals surface area contributed by atoms with Crippen molar-refractivity contribution >= 4 is 35.8 Å². The van der Waals surface area contributed by atoms with Crippen LogP contribution in [0, 0.1) is 5.92 Å². The van der Waals surface area contributed by atoms with E-state index in [9.17, 15) is 24.3 Å². The van der Waals surface area contributed by atoms with Crippen LogP contribution in [0.2, 0.25) is 0 Å². The number of hydrogen-bond acceptors (Lipinski definition) is 5. The Balaban J connectivity index is 2.80. The molecule has 0 radical (unpaired) electrons. The molecule has 1 rings (SSSR count). The molecule has 0 bridgehead atoms. The van der Waals surface area contributed by atoms with Crippen LogP contribution in [0.3, 0.4) is 0 Å². The van der Waals surface area contributed by atoms with Gasteiger partial charge in [0.2, 0.25) is 11.8 Å². The first kappa shape index (κ1) is 25.1. The van der Waals surface area contributed by atoms with Gasteiger partial charge in [-0.3, -0.25) is 14.4 Å². The molecule has 0 saturated carbocycles. The van der Waals surface area contributed by atoms with Crippen LogP contribution in [-0.4, -0.2) is 52.0 Å². The Morgan fingerprint density at radius 3 is 2.16 bits per heavy atom. The number of nitrogens with two attached hydrogens (primary N) is 2. The number of nitrogens with one attached hydrogen (secondary N) is 2. The SMILES string of the molecule is CC(C)[C@H](NC(=O)[C@H](CC(=O)O)NC(=O)C=Cc1ccc(CN=C(N)N)cc1)C(=O)O. The molecule has 31 heavy (non-hydrogen) atoms. The Morgan fingerprint density at radius 2 is 1.68 bits per heavy atom. The Bertz CT molecular complexity index is 859. The predicted molar refractivity (Wildman–Crippen MR) is 114 cm³/mol. The Labute approximate surface area is 179 Å². The first-order valence-corrected chi connectivity index (χ1v) is 9.37. The van der Waals surface area contributed by atoms with Gasteiger partial charge in [-0.05, 0) is 23.1 Å². The lowest BCUT2D eigenvalue weighted by Gasteiger charge is -2.22. The topological polar surface area (TPSA) is 197 Å². The van der Waals surface area contributed by atoms with E-state index in [0.29, 0.717) is 12.1 Å². The maximum absolute atomic E-state index is 12.3. The molecule has 0 aliphatic heterocycles. The smallest absolute Gasteiger partial charge is 0.326 e. The van der Waals surface area contributed by atoms with Crippen LogP contribution >= 0.6 is 0 Å². The molecule has 8 N–H and O–H groups in total. The third-order valence-corrected chi connectivity index (χ3v) is 4.09. The first-order chi connectivity index (χ1) is 14.5. The van der Waals surface area contributed by atoms with E-state index in [1.165, 1.54) is 6.08 Å². The lowest BCUT2D eigenvalue weighted by atomic mass is 10.0. The van der Waals surface area contributed by atoms with E-state index >= 15 is 0 Å². The van der Waals surface area contributed by atoms with Crippen LogP contribution in [0.15, 0.2) is 35.3 Å². The Morgan fingerprint density at radius 1 is 1.06 bits per heavy atom. The molecular formula is C20H27N5O6. The van der Waals surface area contributed by atoms with Crippen LogP contribution in [0.4, 0.5) is 0 Å². The van der Waals surface area contributed by atoms with Crippen molar-refractivity contribution < 1.29 is 29.4 Å². The largest absolute Gasteiger partial charge is 0.481 e. The third kappa shape index (κ3) is 9.43. The summed E-state index contributed by atoms with van der Waals surface area (Å²) in [5.41, 5.74) is 12.1. The van der Waals surface area contributed by atoms with Crippen molar-refractivity contribution in [1.82, 2.24) is 10.6 Å². The van der Waals surface area contributed by atoms with Gasteiger partial charge in [0.25, 0.3) is 0 Å². The summed E-state index contributed by atoms with van der Waals surface area (Å²) < 4.78 is 0. The predicted octanol–water partition coefficient (Wildman–Crippen LogP) is -0.342. The van der Waals surface area contributed by atoms with E-state index in [4.69, 9.17) is 16.6 Å². The number of rotatable bonds is 11. The van der Waals surface area contributed by atoms with Gasteiger partial charge in [0, 0.05) is 6.08 Å². The van der Waals surface area contributed by atoms with Crippen LogP contribution < -0.4 is 22.1 Å². The maximum Gasteiger partial charge on any atom is 0.326 e. The molecule has 0 saturated heterocycles. The number of carbonyl (C=O) groups excluding carboxylic acids is 2. The molecule has 0 unspecified atom stereocenters. The van der Waals surface area contributed by atoms with Gasteiger partial charge in [-0.25, -0.2) is 9.79 Å². The number of aliphatic carboxylic acids is 2. The summed E-state index contributed by atoms with van der Waals surface area (Å²) in [5.74, 6) is -4.64. The zero-order valence-corrected chi connectivity index (χ0v) is 17.2. The number of amides is 2. The quantitative estimate of drug-likeness (QED) is 0.155. The fourth-order valence-corrected chi connectivity index (χ4v) is 2.46. The molecule has 0 fully saturated rings. The monoisotopic (exact) mass is 433 g/mol. The summed E-state index contributed by atoms with van der Waals surface area (Å²) in [6.45, 7) is 3.50. The molecule has 11 heteroatoms. The number of carboxylic acids is 2. The van der Waals surface area contributed by atoms with Crippen LogP contribution in [-0.2, 0) is 25.7 Å². The van der Waals surface area contributed by atoms with Gasteiger partial charge in [-0.15, -0.1) is 0 Å². The summed E-state index contributed by atoms with van der Waals surface area (Å²) >= 11 is 0. The highest BCUT2D eigenvalue weighted by Crippen LogP contribution is 2.08. The normalized spacial score (nSPS) is 12.7. The maximum atomic E-state index is 12.3. The van der Waals surface area contributed by atoms with E-state index in [1.54, 1.807) is 38.1 Å². The second-order valence-electron chi connectivity index (χ2n) is 7.04. The van der Waals surface area contributed by atoms with Crippen molar-refractivity contribution in [2.75, 3.05) is 0 Å². The van der Waals surface area contributed by atoms with Crippen LogP contribution in [0.25, 0.3) is 6.08 Å². The second-order valence-corrected chi connectivity index (χ2v) is 7.04. The van der Waals surface area contributed by atoms with E-state index in [1.807, 2.05) is 0 Å². The fraction of sp³-hybridized carbons (Fsp3) is 0.350. The molecule has 1 aromatic rings. The molecule has 0 aliphatic rings. The fourth-order valence-electron chi connectivity index (χ4n) is 2.46. The van der Waals surface area contributed by atoms with Gasteiger partial charge >= 0.3 is 11.9 Å². The zero-order valence-electron chi connectivity index (χ0n) is 17.2. The highest BCUT2D eigenvalue weighted by molar-refractivity contribution is 5.97. The number of carbonyl (C=O) groups is 4. The van der Waals surface area contributed by atoms with E-state index in [0.717, 1.165) is 11.6 Å². The average Bonchev–Trinajstić information content (AvgIpc) is 2.68. The Hall–Kier alpha value is -3.89. The minimum Gasteiger partial charge on any atom is -0.481 e. The molecule has 2 atom stereocenters. The van der Waals surface area contributed by atoms with Gasteiger partial charge in [-0.2, -0.15) is 0 Å². The summed E-state index contributed by atoms with van der Waals surface area (Å²) in [6, 6.07) is 4.34. The number of nitrogens with zero attached hydrogens (tertiary/aromatic N) is 1. The Kier molecular flexibility index (Phi) is 9.70. The molecule has 168 valence electrons. The highest BCUT2D eigenvalue weighted by Gasteiger charge is 2.29. The van der Waals surface area contributed by atoms with E-state index in [-0.39, 0.29) is 5.96 Å². The van der Waals surface area contributed by atoms with Crippen molar-refractivity contribution in [3.8, 4) is 0 Å². The van der Waals surface area contributed by atoms with Crippen molar-refractivity contribution in [1.29, 1.82) is 0 Å². The summed E-state index contributed by atoms with van der Waals surface area (Å²) in [5, 5.41) is 22.7. The summed E-state index contributed by atoms with van der Waals surface area (Å²) in [4.78, 5) is 50.7. The van der Waals surface area contributed by atoms with Gasteiger partial charge in [-0.1, -0.05) is 38.1 Å². The number of carboxylic acid groups (broad SMARTS) is 2. The number of aliphatic imine (C=N–C) groups is 1. The van der Waals surface area contributed by atoms with Gasteiger partial charge in [0.1, 0.15) is 12.1 Å². The minimum atomic E-state index is -1.43. The van der Waals surface area contributed by atoms with Crippen molar-refractivity contribution in [2.45, 2.75) is 38.9 Å². The lowest BCUT2D eigenvalue weighted by Crippen LogP contribution is -2.53. The molecule has 11 nitrogen and oxygen atoms in total. The van der Waals surface area contributed by atoms with E-state index in [2.05, 4.69) is 15.6 Å². The lowest BCUT2D eigenvalue weighted by molar-refractivity contribution is -0.144. The first-order valence-electron chi connectivity index (χ1n) is 9.37. The van der Waals surface area contributed by atoms with Gasteiger partial charge in [0.05, 0.1) is 13.0 Å². The zero-order chi connectivity index (χ0) is 23.6. The number of hydrogen-bond donors (Lipinski definition) is 6. The standard InChI is InChI=1S/C20H27N5O6/c1-11(2)17(19(30)31)25-18(29)14(9-16(27)28)24-15(26)8-7-12-3-5-13(6-4-12)10-23-20(21)22/h3-8,11,14,17H,9-10H2,1-2H3,(H,24,26)(H,25,29)(H,27,28)(H,30,31)(H4,21,22,23)/t14-,17-/m0/s1. The average molecular weight is 433 g/mol. The van der Waals surface area contributed by atoms with Crippen molar-refractivity contribution in [2.24, 2.45) is 22.4 Å². The van der Waals surface area contributed by atoms with Crippen molar-refractivity contribution in [3.05, 3.63) is 41.5 Å². The molecule has 0 heterocycles. The highest BCUT2D eigenvalue weighted by atomic mass is 16.4. The van der Waals surface area contributed by atoms with Crippen molar-refractivity contribution in [3.63, 3.8) is 0 Å². The third-order valence-electron chi connectivity index (χ3n) is 4.09. The molecule has 2 amide bonds. The van der Waals surface area contributed by atoms with Gasteiger partial charge in [0.15, 0.2) is 5.96 Å². The summed E-state index contributed by atoms with van der Waals surface area (Å²) in [7, 11) is 0. The van der Waals surface area contributed by atoms with E-state index < -0.39 is 48.2 Å². The summed E-state index contributed by atoms with van der Waals surface area (Å²) in [6.07, 6.45) is 1.92. The molecule has 1 aromatic carbocycles. The number of benzene rings is 1. The molecule has 0 aromatic heterocycles. The molecule has 0 spiro atoms. The van der Waals surface area contributed by atoms with Crippen LogP contribution in [0.1, 0.15) is 31.4 Å². The molecule has 0 aliphatic carbocycles. The second kappa shape index (κ2) is 12.0. The number of guanidine groups is 1. The van der Waals surface area contributed by atoms with Crippen LogP contribution in [0.5, 0.6) is 0 Å². The van der Waals surface area contributed by atoms with Gasteiger partial charge < -0.3 is 32.3 Å². The molecular weight excluding hydrogens is 406 g/mol.